The zero-order chi connectivity index (χ0) is 32.2. The van der Waals surface area contributed by atoms with E-state index in [0.717, 1.165) is 10.9 Å². The number of hydrogen-bond donors (Lipinski definition) is 9. The summed E-state index contributed by atoms with van der Waals surface area (Å²) in [5.41, 5.74) is 13.3. The minimum Gasteiger partial charge on any atom is -0.508 e. The number of phenols is 1. The number of carbonyl (C=O) groups excluding carboxylic acids is 3. The minimum atomic E-state index is -1.45. The summed E-state index contributed by atoms with van der Waals surface area (Å²) in [5.74, 6) is -4.99. The van der Waals surface area contributed by atoms with Crippen molar-refractivity contribution in [2.24, 2.45) is 11.5 Å². The molecule has 0 fully saturated rings. The zero-order valence-electron chi connectivity index (χ0n) is 24.0. The highest BCUT2D eigenvalue weighted by Crippen LogP contribution is 2.20. The Bertz CT molecular complexity index is 1460. The van der Waals surface area contributed by atoms with Gasteiger partial charge in [-0.3, -0.25) is 19.2 Å². The Morgan fingerprint density at radius 1 is 0.795 bits per heavy atom. The number of aromatic amines is 1. The van der Waals surface area contributed by atoms with Crippen LogP contribution in [-0.2, 0) is 36.8 Å². The first-order chi connectivity index (χ1) is 21.0. The van der Waals surface area contributed by atoms with E-state index in [2.05, 4.69) is 20.9 Å². The molecule has 4 unspecified atom stereocenters. The normalized spacial score (nSPS) is 13.8. The van der Waals surface area contributed by atoms with Gasteiger partial charge in [-0.15, -0.1) is 0 Å². The fourth-order valence-corrected chi connectivity index (χ4v) is 4.66. The third kappa shape index (κ3) is 9.81. The molecule has 1 heterocycles. The number of carbonyl (C=O) groups is 5. The number of carboxylic acids is 2. The van der Waals surface area contributed by atoms with E-state index in [0.29, 0.717) is 30.5 Å². The highest BCUT2D eigenvalue weighted by Gasteiger charge is 2.31. The lowest BCUT2D eigenvalue weighted by atomic mass is 10.0. The monoisotopic (exact) mass is 610 g/mol. The molecule has 0 bridgehead atoms. The molecule has 0 saturated carbocycles. The molecular formula is C30H38N6O8. The molecule has 1 aromatic heterocycles. The van der Waals surface area contributed by atoms with Crippen molar-refractivity contribution in [3.05, 3.63) is 65.9 Å². The molecule has 2 aromatic carbocycles. The third-order valence-corrected chi connectivity index (χ3v) is 7.03. The summed E-state index contributed by atoms with van der Waals surface area (Å²) < 4.78 is 0. The lowest BCUT2D eigenvalue weighted by Gasteiger charge is -2.25. The molecule has 236 valence electrons. The Labute approximate surface area is 253 Å². The Kier molecular flexibility index (Phi) is 12.2. The summed E-state index contributed by atoms with van der Waals surface area (Å²) in [4.78, 5) is 66.0. The second-order valence-electron chi connectivity index (χ2n) is 10.4. The van der Waals surface area contributed by atoms with E-state index in [1.54, 1.807) is 6.20 Å². The van der Waals surface area contributed by atoms with Crippen molar-refractivity contribution >= 4 is 40.6 Å². The number of phenolic OH excluding ortho intramolecular Hbond substituents is 1. The van der Waals surface area contributed by atoms with Gasteiger partial charge in [-0.05, 0) is 55.1 Å². The van der Waals surface area contributed by atoms with Crippen molar-refractivity contribution in [3.8, 4) is 5.75 Å². The molecule has 4 atom stereocenters. The van der Waals surface area contributed by atoms with E-state index in [1.165, 1.54) is 24.3 Å². The fraction of sp³-hybridized carbons (Fsp3) is 0.367. The summed E-state index contributed by atoms with van der Waals surface area (Å²) in [6.07, 6.45) is 2.07. The number of carboxylic acid groups (broad SMARTS) is 2. The van der Waals surface area contributed by atoms with Crippen LogP contribution < -0.4 is 27.4 Å². The topological polar surface area (TPSA) is 250 Å². The summed E-state index contributed by atoms with van der Waals surface area (Å²) in [5, 5.41) is 36.8. The molecule has 0 spiro atoms. The summed E-state index contributed by atoms with van der Waals surface area (Å²) in [7, 11) is 0. The van der Waals surface area contributed by atoms with Crippen LogP contribution in [0.15, 0.2) is 54.7 Å². The van der Waals surface area contributed by atoms with Crippen LogP contribution in [0.4, 0.5) is 0 Å². The summed E-state index contributed by atoms with van der Waals surface area (Å²) >= 11 is 0. The SMILES string of the molecule is NCCCCC(NC(=O)C(Cc1c[nH]c2ccccc12)NC(=O)C(Cc1ccc(O)cc1)NC(=O)C(N)CC(=O)O)C(=O)O. The van der Waals surface area contributed by atoms with Crippen molar-refractivity contribution in [1.82, 2.24) is 20.9 Å². The number of rotatable bonds is 17. The van der Waals surface area contributed by atoms with E-state index in [4.69, 9.17) is 16.6 Å². The Morgan fingerprint density at radius 2 is 1.41 bits per heavy atom. The fourth-order valence-electron chi connectivity index (χ4n) is 4.66. The number of nitrogens with one attached hydrogen (secondary N) is 4. The van der Waals surface area contributed by atoms with Gasteiger partial charge in [-0.1, -0.05) is 30.3 Å². The van der Waals surface area contributed by atoms with Gasteiger partial charge in [0.1, 0.15) is 23.9 Å². The van der Waals surface area contributed by atoms with E-state index >= 15 is 0 Å². The Balaban J connectivity index is 1.89. The van der Waals surface area contributed by atoms with Gasteiger partial charge in [0.25, 0.3) is 0 Å². The molecule has 3 aromatic rings. The summed E-state index contributed by atoms with van der Waals surface area (Å²) in [6.45, 7) is 0.365. The standard InChI is InChI=1S/C30H38N6O8/c31-12-4-3-7-23(30(43)44)34-29(42)25(14-18-16-33-22-6-2-1-5-20(18)22)36-28(41)24(13-17-8-10-19(37)11-9-17)35-27(40)21(32)15-26(38)39/h1-2,5-6,8-11,16,21,23-25,33,37H,3-4,7,12-15,31-32H2,(H,34,42)(H,35,40)(H,36,41)(H,38,39)(H,43,44). The molecule has 3 amide bonds. The van der Waals surface area contributed by atoms with Crippen molar-refractivity contribution in [3.63, 3.8) is 0 Å². The highest BCUT2D eigenvalue weighted by atomic mass is 16.4. The average molecular weight is 611 g/mol. The van der Waals surface area contributed by atoms with Crippen LogP contribution in [0.2, 0.25) is 0 Å². The van der Waals surface area contributed by atoms with Crippen molar-refractivity contribution in [2.45, 2.75) is 62.7 Å². The van der Waals surface area contributed by atoms with Crippen LogP contribution >= 0.6 is 0 Å². The lowest BCUT2D eigenvalue weighted by molar-refractivity contribution is -0.142. The average Bonchev–Trinajstić information content (AvgIpc) is 3.39. The number of aliphatic carboxylic acids is 2. The number of aromatic nitrogens is 1. The highest BCUT2D eigenvalue weighted by molar-refractivity contribution is 5.95. The molecule has 0 aliphatic carbocycles. The first-order valence-electron chi connectivity index (χ1n) is 14.1. The minimum absolute atomic E-state index is 0.0165. The van der Waals surface area contributed by atoms with E-state index in [-0.39, 0.29) is 25.0 Å². The molecule has 0 saturated heterocycles. The van der Waals surface area contributed by atoms with Crippen molar-refractivity contribution in [1.29, 1.82) is 0 Å². The number of hydrogen-bond acceptors (Lipinski definition) is 8. The van der Waals surface area contributed by atoms with Gasteiger partial charge in [-0.25, -0.2) is 4.79 Å². The molecule has 0 aliphatic heterocycles. The number of nitrogens with two attached hydrogens (primary N) is 2. The quantitative estimate of drug-likeness (QED) is 0.0934. The van der Waals surface area contributed by atoms with Crippen LogP contribution in [0.5, 0.6) is 5.75 Å². The number of benzene rings is 2. The molecule has 14 heteroatoms. The first-order valence-corrected chi connectivity index (χ1v) is 14.1. The molecule has 44 heavy (non-hydrogen) atoms. The molecule has 0 aliphatic rings. The lowest BCUT2D eigenvalue weighted by Crippen LogP contribution is -2.58. The second-order valence-corrected chi connectivity index (χ2v) is 10.4. The number of para-hydroxylation sites is 1. The molecule has 14 nitrogen and oxygen atoms in total. The van der Waals surface area contributed by atoms with Gasteiger partial charge in [0.2, 0.25) is 17.7 Å². The maximum Gasteiger partial charge on any atom is 0.326 e. The largest absolute Gasteiger partial charge is 0.508 e. The third-order valence-electron chi connectivity index (χ3n) is 7.03. The van der Waals surface area contributed by atoms with Crippen molar-refractivity contribution in [2.75, 3.05) is 6.54 Å². The smallest absolute Gasteiger partial charge is 0.326 e. The van der Waals surface area contributed by atoms with Crippen molar-refractivity contribution < 1.29 is 39.3 Å². The Hall–Kier alpha value is -4.95. The van der Waals surface area contributed by atoms with Gasteiger partial charge in [0.05, 0.1) is 12.5 Å². The predicted molar refractivity (Wildman–Crippen MR) is 160 cm³/mol. The maximum atomic E-state index is 13.7. The number of amides is 3. The second kappa shape index (κ2) is 16.0. The van der Waals surface area contributed by atoms with Crippen LogP contribution in [0, 0.1) is 0 Å². The van der Waals surface area contributed by atoms with Gasteiger partial charge in [0, 0.05) is 29.9 Å². The maximum absolute atomic E-state index is 13.7. The number of aromatic hydroxyl groups is 1. The Morgan fingerprint density at radius 3 is 2.05 bits per heavy atom. The predicted octanol–water partition coefficient (Wildman–Crippen LogP) is 0.129. The van der Waals surface area contributed by atoms with E-state index in [1.807, 2.05) is 24.3 Å². The summed E-state index contributed by atoms with van der Waals surface area (Å²) in [6, 6.07) is 7.95. The van der Waals surface area contributed by atoms with Gasteiger partial charge >= 0.3 is 11.9 Å². The molecule has 11 N–H and O–H groups in total. The van der Waals surface area contributed by atoms with E-state index in [9.17, 15) is 34.2 Å². The van der Waals surface area contributed by atoms with Crippen LogP contribution in [0.25, 0.3) is 10.9 Å². The number of H-pyrrole nitrogens is 1. The zero-order valence-corrected chi connectivity index (χ0v) is 24.0. The van der Waals surface area contributed by atoms with Gasteiger partial charge in [0.15, 0.2) is 0 Å². The van der Waals surface area contributed by atoms with Gasteiger partial charge < -0.3 is 47.7 Å². The van der Waals surface area contributed by atoms with Crippen LogP contribution in [0.3, 0.4) is 0 Å². The van der Waals surface area contributed by atoms with Crippen LogP contribution in [0.1, 0.15) is 36.8 Å². The van der Waals surface area contributed by atoms with Gasteiger partial charge in [-0.2, -0.15) is 0 Å². The first kappa shape index (κ1) is 33.6. The molecular weight excluding hydrogens is 572 g/mol. The number of fused-ring (bicyclic) bond motifs is 1. The van der Waals surface area contributed by atoms with E-state index < -0.39 is 60.2 Å². The van der Waals surface area contributed by atoms with Crippen LogP contribution in [-0.4, -0.2) is 80.7 Å². The molecule has 0 radical (unpaired) electrons. The molecule has 3 rings (SSSR count). The number of unbranched alkanes of at least 4 members (excludes halogenated alkanes) is 1.